The molecule has 0 aromatic heterocycles. The van der Waals surface area contributed by atoms with Gasteiger partial charge < -0.3 is 14.6 Å². The summed E-state index contributed by atoms with van der Waals surface area (Å²) in [5.41, 5.74) is 1.33. The molecule has 2 atom stereocenters. The van der Waals surface area contributed by atoms with Gasteiger partial charge in [-0.1, -0.05) is 12.1 Å². The third-order valence-corrected chi connectivity index (χ3v) is 5.46. The van der Waals surface area contributed by atoms with E-state index in [1.165, 1.54) is 5.56 Å². The quantitative estimate of drug-likeness (QED) is 0.907. The van der Waals surface area contributed by atoms with Crippen LogP contribution in [0.4, 0.5) is 0 Å². The van der Waals surface area contributed by atoms with Crippen LogP contribution in [0.15, 0.2) is 24.3 Å². The first kappa shape index (κ1) is 15.8. The third-order valence-electron chi connectivity index (χ3n) is 5.46. The van der Waals surface area contributed by atoms with Crippen molar-refractivity contribution >= 4 is 0 Å². The molecule has 0 bridgehead atoms. The topological polar surface area (TPSA) is 41.9 Å². The molecule has 4 heteroatoms. The van der Waals surface area contributed by atoms with Crippen LogP contribution >= 0.6 is 0 Å². The number of benzene rings is 1. The Labute approximate surface area is 133 Å². The van der Waals surface area contributed by atoms with Crippen LogP contribution in [0.3, 0.4) is 0 Å². The summed E-state index contributed by atoms with van der Waals surface area (Å²) in [6, 6.07) is 8.29. The Morgan fingerprint density at radius 3 is 2.45 bits per heavy atom. The fraction of sp³-hybridized carbons (Fsp3) is 0.667. The highest BCUT2D eigenvalue weighted by Gasteiger charge is 2.55. The highest BCUT2D eigenvalue weighted by Crippen LogP contribution is 2.51. The van der Waals surface area contributed by atoms with Crippen LogP contribution in [0.25, 0.3) is 0 Å². The second-order valence-electron chi connectivity index (χ2n) is 6.55. The highest BCUT2D eigenvalue weighted by atomic mass is 16.5. The second kappa shape index (κ2) is 6.57. The Balaban J connectivity index is 1.55. The molecule has 1 aromatic carbocycles. The van der Waals surface area contributed by atoms with Gasteiger partial charge in [0.05, 0.1) is 19.3 Å². The average molecular weight is 305 g/mol. The van der Waals surface area contributed by atoms with Gasteiger partial charge in [-0.15, -0.1) is 0 Å². The van der Waals surface area contributed by atoms with Crippen LogP contribution in [0, 0.1) is 5.41 Å². The number of ether oxygens (including phenoxy) is 2. The van der Waals surface area contributed by atoms with Crippen molar-refractivity contribution in [2.45, 2.75) is 44.9 Å². The lowest BCUT2D eigenvalue weighted by molar-refractivity contribution is -0.209. The van der Waals surface area contributed by atoms with Crippen LogP contribution in [-0.2, 0) is 11.3 Å². The van der Waals surface area contributed by atoms with E-state index in [9.17, 15) is 5.11 Å². The minimum Gasteiger partial charge on any atom is -0.497 e. The predicted molar refractivity (Wildman–Crippen MR) is 86.0 cm³/mol. The van der Waals surface area contributed by atoms with Gasteiger partial charge in [-0.05, 0) is 50.6 Å². The molecule has 1 saturated carbocycles. The summed E-state index contributed by atoms with van der Waals surface area (Å²) in [4.78, 5) is 2.47. The Bertz CT molecular complexity index is 478. The van der Waals surface area contributed by atoms with Crippen molar-refractivity contribution in [3.8, 4) is 5.75 Å². The normalized spacial score (nSPS) is 27.6. The summed E-state index contributed by atoms with van der Waals surface area (Å²) >= 11 is 0. The molecule has 122 valence electrons. The molecule has 1 aromatic rings. The molecular formula is C18H27NO3. The summed E-state index contributed by atoms with van der Waals surface area (Å²) < 4.78 is 11.0. The molecular weight excluding hydrogens is 278 g/mol. The van der Waals surface area contributed by atoms with Crippen molar-refractivity contribution in [2.24, 2.45) is 5.41 Å². The molecule has 3 rings (SSSR count). The minimum atomic E-state index is -0.174. The standard InChI is InChI=1S/C18H27NO3/c1-3-22-17-12-16(20)18(17)8-10-19(11-9-18)13-14-4-6-15(21-2)7-5-14/h4-7,16-17,20H,3,8-13H2,1-2H3/t16-,17-/m0/s1. The number of rotatable bonds is 5. The molecule has 22 heavy (non-hydrogen) atoms. The van der Waals surface area contributed by atoms with Gasteiger partial charge in [0, 0.05) is 25.0 Å². The number of hydrogen-bond acceptors (Lipinski definition) is 4. The lowest BCUT2D eigenvalue weighted by Gasteiger charge is -2.56. The number of likely N-dealkylation sites (tertiary alicyclic amines) is 1. The minimum absolute atomic E-state index is 0.0203. The molecule has 1 aliphatic carbocycles. The Morgan fingerprint density at radius 1 is 1.23 bits per heavy atom. The number of piperidine rings is 1. The molecule has 1 saturated heterocycles. The van der Waals surface area contributed by atoms with Gasteiger partial charge in [0.15, 0.2) is 0 Å². The highest BCUT2D eigenvalue weighted by molar-refractivity contribution is 5.27. The van der Waals surface area contributed by atoms with E-state index in [-0.39, 0.29) is 17.6 Å². The van der Waals surface area contributed by atoms with E-state index in [4.69, 9.17) is 9.47 Å². The van der Waals surface area contributed by atoms with Crippen molar-refractivity contribution in [1.29, 1.82) is 0 Å². The average Bonchev–Trinajstić information content (AvgIpc) is 2.56. The van der Waals surface area contributed by atoms with E-state index in [1.54, 1.807) is 7.11 Å². The molecule has 1 heterocycles. The molecule has 1 N–H and O–H groups in total. The zero-order valence-corrected chi connectivity index (χ0v) is 13.6. The summed E-state index contributed by atoms with van der Waals surface area (Å²) in [5, 5.41) is 10.2. The summed E-state index contributed by atoms with van der Waals surface area (Å²) in [5.74, 6) is 0.901. The maximum Gasteiger partial charge on any atom is 0.118 e. The first-order valence-corrected chi connectivity index (χ1v) is 8.33. The fourth-order valence-electron chi connectivity index (χ4n) is 3.93. The maximum atomic E-state index is 10.2. The van der Waals surface area contributed by atoms with E-state index in [2.05, 4.69) is 17.0 Å². The van der Waals surface area contributed by atoms with Crippen LogP contribution < -0.4 is 4.74 Å². The molecule has 0 radical (unpaired) electrons. The number of aliphatic hydroxyl groups excluding tert-OH is 1. The Kier molecular flexibility index (Phi) is 4.71. The Morgan fingerprint density at radius 2 is 1.91 bits per heavy atom. The summed E-state index contributed by atoms with van der Waals surface area (Å²) in [6.07, 6.45) is 2.97. The fourth-order valence-corrected chi connectivity index (χ4v) is 3.93. The summed E-state index contributed by atoms with van der Waals surface area (Å²) in [6.45, 7) is 5.82. The van der Waals surface area contributed by atoms with E-state index < -0.39 is 0 Å². The van der Waals surface area contributed by atoms with Gasteiger partial charge >= 0.3 is 0 Å². The molecule has 0 unspecified atom stereocenters. The van der Waals surface area contributed by atoms with Crippen molar-refractivity contribution in [3.63, 3.8) is 0 Å². The van der Waals surface area contributed by atoms with Crippen LogP contribution in [0.5, 0.6) is 5.75 Å². The van der Waals surface area contributed by atoms with E-state index in [0.717, 1.165) is 51.3 Å². The number of methoxy groups -OCH3 is 1. The zero-order valence-electron chi connectivity index (χ0n) is 13.6. The number of nitrogens with zero attached hydrogens (tertiary/aromatic N) is 1. The third kappa shape index (κ3) is 2.87. The van der Waals surface area contributed by atoms with E-state index in [1.807, 2.05) is 19.1 Å². The lowest BCUT2D eigenvalue weighted by atomic mass is 9.58. The van der Waals surface area contributed by atoms with Crippen LogP contribution in [0.2, 0.25) is 0 Å². The van der Waals surface area contributed by atoms with Crippen LogP contribution in [0.1, 0.15) is 31.7 Å². The summed E-state index contributed by atoms with van der Waals surface area (Å²) in [7, 11) is 1.69. The number of aliphatic hydroxyl groups is 1. The van der Waals surface area contributed by atoms with Crippen LogP contribution in [-0.4, -0.2) is 49.0 Å². The van der Waals surface area contributed by atoms with Gasteiger partial charge in [0.1, 0.15) is 5.75 Å². The number of hydrogen-bond donors (Lipinski definition) is 1. The molecule has 4 nitrogen and oxygen atoms in total. The molecule has 2 fully saturated rings. The molecule has 1 aliphatic heterocycles. The van der Waals surface area contributed by atoms with Crippen molar-refractivity contribution < 1.29 is 14.6 Å². The van der Waals surface area contributed by atoms with Crippen molar-refractivity contribution in [1.82, 2.24) is 4.90 Å². The van der Waals surface area contributed by atoms with Gasteiger partial charge in [0.25, 0.3) is 0 Å². The van der Waals surface area contributed by atoms with Crippen molar-refractivity contribution in [2.75, 3.05) is 26.8 Å². The second-order valence-corrected chi connectivity index (χ2v) is 6.55. The first-order valence-electron chi connectivity index (χ1n) is 8.33. The van der Waals surface area contributed by atoms with Gasteiger partial charge in [-0.2, -0.15) is 0 Å². The van der Waals surface area contributed by atoms with E-state index in [0.29, 0.717) is 0 Å². The molecule has 0 amide bonds. The predicted octanol–water partition coefficient (Wildman–Crippen LogP) is 2.45. The monoisotopic (exact) mass is 305 g/mol. The Hall–Kier alpha value is -1.10. The van der Waals surface area contributed by atoms with Gasteiger partial charge in [-0.3, -0.25) is 4.90 Å². The molecule has 2 aliphatic rings. The largest absolute Gasteiger partial charge is 0.497 e. The van der Waals surface area contributed by atoms with Crippen molar-refractivity contribution in [3.05, 3.63) is 29.8 Å². The lowest BCUT2D eigenvalue weighted by Crippen LogP contribution is -2.62. The SMILES string of the molecule is CCO[C@H]1C[C@H](O)C12CCN(Cc1ccc(OC)cc1)CC2. The zero-order chi connectivity index (χ0) is 15.6. The molecule has 1 spiro atoms. The smallest absolute Gasteiger partial charge is 0.118 e. The maximum absolute atomic E-state index is 10.2. The van der Waals surface area contributed by atoms with E-state index >= 15 is 0 Å². The van der Waals surface area contributed by atoms with Gasteiger partial charge in [0.2, 0.25) is 0 Å². The van der Waals surface area contributed by atoms with Gasteiger partial charge in [-0.25, -0.2) is 0 Å². The first-order chi connectivity index (χ1) is 10.7.